The van der Waals surface area contributed by atoms with Gasteiger partial charge in [-0.1, -0.05) is 88.8 Å². The number of pyridine rings is 1. The van der Waals surface area contributed by atoms with Gasteiger partial charge in [-0.05, 0) is 37.1 Å². The lowest BCUT2D eigenvalue weighted by Gasteiger charge is -2.35. The molecule has 4 nitrogen and oxygen atoms in total. The fraction of sp³-hybridized carbons (Fsp3) is 0.429. The lowest BCUT2D eigenvalue weighted by Crippen LogP contribution is -2.48. The maximum Gasteiger partial charge on any atom is 0.272 e. The Kier molecular flexibility index (Phi) is 9.70. The van der Waals surface area contributed by atoms with Crippen molar-refractivity contribution in [1.82, 2.24) is 9.99 Å². The molecule has 3 rings (SSSR count). The van der Waals surface area contributed by atoms with Crippen molar-refractivity contribution in [3.05, 3.63) is 72.4 Å². The van der Waals surface area contributed by atoms with Gasteiger partial charge in [-0.25, -0.2) is 10.0 Å². The van der Waals surface area contributed by atoms with E-state index < -0.39 is 0 Å². The summed E-state index contributed by atoms with van der Waals surface area (Å²) in [5.41, 5.74) is 2.48. The van der Waals surface area contributed by atoms with Gasteiger partial charge in [0.25, 0.3) is 5.91 Å². The van der Waals surface area contributed by atoms with Crippen LogP contribution in [0.25, 0.3) is 10.9 Å². The van der Waals surface area contributed by atoms with E-state index in [1.165, 1.54) is 38.5 Å². The second kappa shape index (κ2) is 13.0. The van der Waals surface area contributed by atoms with Crippen molar-refractivity contribution in [2.45, 2.75) is 65.2 Å². The van der Waals surface area contributed by atoms with E-state index in [0.717, 1.165) is 42.5 Å². The molecule has 1 heterocycles. The number of rotatable bonds is 13. The predicted octanol–water partition coefficient (Wildman–Crippen LogP) is 7.26. The zero-order chi connectivity index (χ0) is 22.6. The number of benzene rings is 2. The molecule has 0 aliphatic rings. The molecule has 0 atom stereocenters. The highest BCUT2D eigenvalue weighted by molar-refractivity contribution is 6.06. The van der Waals surface area contributed by atoms with Crippen LogP contribution in [0.3, 0.4) is 0 Å². The number of aromatic nitrogens is 1. The van der Waals surface area contributed by atoms with Gasteiger partial charge in [0.2, 0.25) is 0 Å². The highest BCUT2D eigenvalue weighted by Gasteiger charge is 2.25. The first-order valence-electron chi connectivity index (χ1n) is 12.2. The molecule has 0 unspecified atom stereocenters. The summed E-state index contributed by atoms with van der Waals surface area (Å²) in [5.74, 6) is 0.00802. The molecule has 2 aromatic carbocycles. The molecule has 0 bridgehead atoms. The van der Waals surface area contributed by atoms with Gasteiger partial charge in [0.15, 0.2) is 0 Å². The molecular formula is C28H37N3O. The normalized spacial score (nSPS) is 11.2. The van der Waals surface area contributed by atoms with Gasteiger partial charge >= 0.3 is 0 Å². The number of hydrazine groups is 1. The number of anilines is 1. The molecule has 3 aromatic rings. The van der Waals surface area contributed by atoms with E-state index in [1.807, 2.05) is 59.7 Å². The smallest absolute Gasteiger partial charge is 0.267 e. The van der Waals surface area contributed by atoms with E-state index in [-0.39, 0.29) is 5.91 Å². The number of carbonyl (C=O) groups is 1. The third kappa shape index (κ3) is 6.64. The molecule has 0 radical (unpaired) electrons. The van der Waals surface area contributed by atoms with Gasteiger partial charge < -0.3 is 0 Å². The molecule has 32 heavy (non-hydrogen) atoms. The van der Waals surface area contributed by atoms with Gasteiger partial charge in [0.1, 0.15) is 0 Å². The van der Waals surface area contributed by atoms with Crippen LogP contribution in [0.2, 0.25) is 0 Å². The van der Waals surface area contributed by atoms with Crippen molar-refractivity contribution >= 4 is 22.5 Å². The third-order valence-electron chi connectivity index (χ3n) is 5.86. The largest absolute Gasteiger partial charge is 0.272 e. The van der Waals surface area contributed by atoms with Crippen molar-refractivity contribution in [3.63, 3.8) is 0 Å². The van der Waals surface area contributed by atoms with Crippen LogP contribution in [-0.2, 0) is 0 Å². The van der Waals surface area contributed by atoms with E-state index in [2.05, 4.69) is 36.0 Å². The molecule has 0 aliphatic carbocycles. The highest BCUT2D eigenvalue weighted by atomic mass is 16.2. The number of nitrogens with zero attached hydrogens (tertiary/aromatic N) is 3. The maximum absolute atomic E-state index is 13.8. The minimum atomic E-state index is 0.00802. The minimum absolute atomic E-state index is 0.00802. The van der Waals surface area contributed by atoms with E-state index in [4.69, 9.17) is 0 Å². The Hall–Kier alpha value is -2.72. The summed E-state index contributed by atoms with van der Waals surface area (Å²) in [4.78, 5) is 18.4. The quantitative estimate of drug-likeness (QED) is 0.211. The SMILES string of the molecule is CCCCCCN(CCCCCC)N(C(=O)c1ccccc1)c1cnc2ccccc2c1. The Morgan fingerprint density at radius 1 is 0.781 bits per heavy atom. The second-order valence-corrected chi connectivity index (χ2v) is 8.44. The first kappa shape index (κ1) is 23.9. The molecule has 0 saturated carbocycles. The number of hydrogen-bond acceptors (Lipinski definition) is 3. The maximum atomic E-state index is 13.8. The fourth-order valence-electron chi connectivity index (χ4n) is 4.04. The Balaban J connectivity index is 1.94. The van der Waals surface area contributed by atoms with Gasteiger partial charge in [-0.2, -0.15) is 0 Å². The van der Waals surface area contributed by atoms with Crippen LogP contribution in [0.5, 0.6) is 0 Å². The van der Waals surface area contributed by atoms with Crippen LogP contribution in [-0.4, -0.2) is 29.0 Å². The average molecular weight is 432 g/mol. The molecule has 1 amide bonds. The van der Waals surface area contributed by atoms with Gasteiger partial charge in [-0.3, -0.25) is 9.78 Å². The number of unbranched alkanes of at least 4 members (excludes halogenated alkanes) is 6. The zero-order valence-corrected chi connectivity index (χ0v) is 19.7. The summed E-state index contributed by atoms with van der Waals surface area (Å²) >= 11 is 0. The van der Waals surface area contributed by atoms with E-state index in [0.29, 0.717) is 5.56 Å². The second-order valence-electron chi connectivity index (χ2n) is 8.44. The topological polar surface area (TPSA) is 36.4 Å². The molecule has 4 heteroatoms. The van der Waals surface area contributed by atoms with Crippen molar-refractivity contribution < 1.29 is 4.79 Å². The summed E-state index contributed by atoms with van der Waals surface area (Å²) in [6.45, 7) is 6.21. The number of para-hydroxylation sites is 1. The van der Waals surface area contributed by atoms with Crippen LogP contribution in [0.15, 0.2) is 66.9 Å². The lowest BCUT2D eigenvalue weighted by atomic mass is 10.1. The van der Waals surface area contributed by atoms with Crippen molar-refractivity contribution in [2.24, 2.45) is 0 Å². The van der Waals surface area contributed by atoms with Crippen molar-refractivity contribution in [2.75, 3.05) is 18.1 Å². The first-order valence-corrected chi connectivity index (χ1v) is 12.2. The zero-order valence-electron chi connectivity index (χ0n) is 19.7. The molecule has 0 aliphatic heterocycles. The van der Waals surface area contributed by atoms with Crippen LogP contribution in [0.1, 0.15) is 75.6 Å². The standard InChI is InChI=1S/C28H37N3O/c1-3-5-7-14-20-30(21-15-8-6-4-2)31(28(32)24-16-10-9-11-17-24)26-22-25-18-12-13-19-27(25)29-23-26/h9-13,16-19,22-23H,3-8,14-15,20-21H2,1-2H3. The average Bonchev–Trinajstić information content (AvgIpc) is 2.84. The van der Waals surface area contributed by atoms with E-state index in [9.17, 15) is 4.79 Å². The number of carbonyl (C=O) groups excluding carboxylic acids is 1. The summed E-state index contributed by atoms with van der Waals surface area (Å²) < 4.78 is 0. The lowest BCUT2D eigenvalue weighted by molar-refractivity contribution is 0.0889. The molecule has 0 fully saturated rings. The fourth-order valence-corrected chi connectivity index (χ4v) is 4.04. The van der Waals surface area contributed by atoms with Crippen LogP contribution in [0.4, 0.5) is 5.69 Å². The van der Waals surface area contributed by atoms with E-state index >= 15 is 0 Å². The Labute approximate surface area is 193 Å². The Morgan fingerprint density at radius 2 is 1.41 bits per heavy atom. The van der Waals surface area contributed by atoms with Crippen LogP contribution in [0, 0.1) is 0 Å². The number of fused-ring (bicyclic) bond motifs is 1. The third-order valence-corrected chi connectivity index (χ3v) is 5.86. The summed E-state index contributed by atoms with van der Waals surface area (Å²) in [7, 11) is 0. The molecule has 0 saturated heterocycles. The van der Waals surface area contributed by atoms with Crippen LogP contribution >= 0.6 is 0 Å². The highest BCUT2D eigenvalue weighted by Crippen LogP contribution is 2.24. The predicted molar refractivity (Wildman–Crippen MR) is 135 cm³/mol. The molecule has 0 N–H and O–H groups in total. The van der Waals surface area contributed by atoms with Gasteiger partial charge in [-0.15, -0.1) is 0 Å². The number of amides is 1. The Morgan fingerprint density at radius 3 is 2.06 bits per heavy atom. The summed E-state index contributed by atoms with van der Waals surface area (Å²) in [6.07, 6.45) is 11.3. The molecular weight excluding hydrogens is 394 g/mol. The summed E-state index contributed by atoms with van der Waals surface area (Å²) in [5, 5.41) is 5.19. The number of hydrogen-bond donors (Lipinski definition) is 0. The molecule has 0 spiro atoms. The van der Waals surface area contributed by atoms with E-state index in [1.54, 1.807) is 0 Å². The molecule has 170 valence electrons. The Bertz CT molecular complexity index is 945. The molecule has 1 aromatic heterocycles. The monoisotopic (exact) mass is 431 g/mol. The minimum Gasteiger partial charge on any atom is -0.267 e. The van der Waals surface area contributed by atoms with Crippen molar-refractivity contribution in [3.8, 4) is 0 Å². The van der Waals surface area contributed by atoms with Crippen molar-refractivity contribution in [1.29, 1.82) is 0 Å². The first-order chi connectivity index (χ1) is 15.7. The van der Waals surface area contributed by atoms with Gasteiger partial charge in [0, 0.05) is 24.0 Å². The summed E-state index contributed by atoms with van der Waals surface area (Å²) in [6, 6.07) is 19.8. The van der Waals surface area contributed by atoms with Crippen LogP contribution < -0.4 is 5.01 Å². The van der Waals surface area contributed by atoms with Gasteiger partial charge in [0.05, 0.1) is 17.4 Å².